The Bertz CT molecular complexity index is 1440. The van der Waals surface area contributed by atoms with Crippen LogP contribution in [-0.2, 0) is 43.5 Å². The molecule has 0 saturated heterocycles. The Morgan fingerprint density at radius 2 is 1.26 bits per heavy atom. The van der Waals surface area contributed by atoms with Gasteiger partial charge in [-0.05, 0) is 28.2 Å². The molecule has 3 aromatic rings. The quantitative estimate of drug-likeness (QED) is 0.147. The maximum Gasteiger partial charge on any atom is 0.252 e. The standard InChI is InChI=1S/C35H43N3O8/c1-21(2)27(33(42)36-3)37-34(43)31(45-19-22-12-6-4-7-13-22)29(40)30(41)32(46-20-23-14-8-5-9-15-23)35(44)38-28-25-17-11-10-16-24(25)18-26(28)39/h4-17,21,26-32,39-41H,18-20H2,1-3H3,(H,36,42)(H,37,43)(H,38,44)/t26-,27+,28-,29-,30-,31+,32+/m1/s1. The lowest BCUT2D eigenvalue weighted by Gasteiger charge is -2.32. The average molecular weight is 634 g/mol. The third-order valence-corrected chi connectivity index (χ3v) is 8.03. The van der Waals surface area contributed by atoms with Gasteiger partial charge >= 0.3 is 0 Å². The van der Waals surface area contributed by atoms with Gasteiger partial charge < -0.3 is 40.7 Å². The highest BCUT2D eigenvalue weighted by atomic mass is 16.5. The van der Waals surface area contributed by atoms with Crippen molar-refractivity contribution in [1.29, 1.82) is 0 Å². The minimum absolute atomic E-state index is 0.0969. The fourth-order valence-corrected chi connectivity index (χ4v) is 5.45. The topological polar surface area (TPSA) is 166 Å². The molecule has 1 aliphatic carbocycles. The van der Waals surface area contributed by atoms with Gasteiger partial charge in [0.1, 0.15) is 18.2 Å². The average Bonchev–Trinajstić information content (AvgIpc) is 3.38. The molecule has 3 aromatic carbocycles. The lowest BCUT2D eigenvalue weighted by Crippen LogP contribution is -2.59. The Labute approximate surface area is 268 Å². The second-order valence-electron chi connectivity index (χ2n) is 11.7. The van der Waals surface area contributed by atoms with Gasteiger partial charge in [0.05, 0.1) is 25.4 Å². The molecule has 1 aliphatic rings. The molecule has 6 N–H and O–H groups in total. The summed E-state index contributed by atoms with van der Waals surface area (Å²) in [4.78, 5) is 39.9. The van der Waals surface area contributed by atoms with Crippen molar-refractivity contribution in [2.45, 2.75) is 76.1 Å². The molecule has 0 saturated carbocycles. The molecule has 0 spiro atoms. The predicted octanol–water partition coefficient (Wildman–Crippen LogP) is 1.54. The van der Waals surface area contributed by atoms with Crippen molar-refractivity contribution in [2.24, 2.45) is 5.92 Å². The summed E-state index contributed by atoms with van der Waals surface area (Å²) in [6.45, 7) is 3.29. The number of nitrogens with one attached hydrogen (secondary N) is 3. The number of rotatable bonds is 15. The Morgan fingerprint density at radius 3 is 1.78 bits per heavy atom. The Morgan fingerprint density at radius 1 is 0.761 bits per heavy atom. The molecule has 246 valence electrons. The van der Waals surface area contributed by atoms with Gasteiger partial charge in [-0.15, -0.1) is 0 Å². The minimum atomic E-state index is -1.96. The van der Waals surface area contributed by atoms with Gasteiger partial charge in [0.25, 0.3) is 11.8 Å². The zero-order valence-electron chi connectivity index (χ0n) is 26.2. The molecule has 7 atom stereocenters. The molecule has 0 unspecified atom stereocenters. The third kappa shape index (κ3) is 8.77. The van der Waals surface area contributed by atoms with Gasteiger partial charge in [-0.3, -0.25) is 14.4 Å². The van der Waals surface area contributed by atoms with Crippen LogP contribution in [0.1, 0.15) is 42.1 Å². The summed E-state index contributed by atoms with van der Waals surface area (Å²) in [5.41, 5.74) is 3.01. The van der Waals surface area contributed by atoms with Crippen LogP contribution in [0.5, 0.6) is 0 Å². The molecule has 11 nitrogen and oxygen atoms in total. The van der Waals surface area contributed by atoms with Crippen LogP contribution in [0.4, 0.5) is 0 Å². The maximum absolute atomic E-state index is 13.8. The summed E-state index contributed by atoms with van der Waals surface area (Å²) < 4.78 is 11.8. The van der Waals surface area contributed by atoms with Gasteiger partial charge in [-0.1, -0.05) is 98.8 Å². The summed E-state index contributed by atoms with van der Waals surface area (Å²) in [6.07, 6.45) is -7.88. The number of aliphatic hydroxyl groups is 3. The van der Waals surface area contributed by atoms with E-state index < -0.39 is 60.3 Å². The van der Waals surface area contributed by atoms with Crippen molar-refractivity contribution >= 4 is 17.7 Å². The molecule has 0 bridgehead atoms. The number of benzene rings is 3. The smallest absolute Gasteiger partial charge is 0.252 e. The van der Waals surface area contributed by atoms with Crippen molar-refractivity contribution in [2.75, 3.05) is 7.05 Å². The highest BCUT2D eigenvalue weighted by Gasteiger charge is 2.43. The fraction of sp³-hybridized carbons (Fsp3) is 0.400. The maximum atomic E-state index is 13.8. The largest absolute Gasteiger partial charge is 0.390 e. The summed E-state index contributed by atoms with van der Waals surface area (Å²) >= 11 is 0. The Kier molecular flexibility index (Phi) is 12.4. The summed E-state index contributed by atoms with van der Waals surface area (Å²) in [7, 11) is 1.44. The van der Waals surface area contributed by atoms with E-state index in [2.05, 4.69) is 16.0 Å². The Balaban J connectivity index is 1.60. The van der Waals surface area contributed by atoms with E-state index in [-0.39, 0.29) is 19.1 Å². The van der Waals surface area contributed by atoms with E-state index in [0.29, 0.717) is 17.5 Å². The lowest BCUT2D eigenvalue weighted by atomic mass is 9.98. The molecular formula is C35H43N3O8. The zero-order chi connectivity index (χ0) is 33.2. The van der Waals surface area contributed by atoms with Crippen molar-refractivity contribution in [3.63, 3.8) is 0 Å². The van der Waals surface area contributed by atoms with E-state index in [4.69, 9.17) is 9.47 Å². The van der Waals surface area contributed by atoms with Gasteiger partial charge in [0.15, 0.2) is 12.2 Å². The first kappa shape index (κ1) is 34.7. The van der Waals surface area contributed by atoms with Gasteiger partial charge in [-0.25, -0.2) is 0 Å². The number of ether oxygens (including phenoxy) is 2. The second-order valence-corrected chi connectivity index (χ2v) is 11.7. The summed E-state index contributed by atoms with van der Waals surface area (Å²) in [5, 5.41) is 41.7. The van der Waals surface area contributed by atoms with E-state index in [0.717, 1.165) is 11.1 Å². The molecule has 46 heavy (non-hydrogen) atoms. The zero-order valence-corrected chi connectivity index (χ0v) is 26.2. The lowest BCUT2D eigenvalue weighted by molar-refractivity contribution is -0.171. The second kappa shape index (κ2) is 16.4. The van der Waals surface area contributed by atoms with Crippen LogP contribution >= 0.6 is 0 Å². The highest BCUT2D eigenvalue weighted by molar-refractivity contribution is 5.90. The monoisotopic (exact) mass is 633 g/mol. The van der Waals surface area contributed by atoms with E-state index in [1.807, 2.05) is 24.3 Å². The third-order valence-electron chi connectivity index (χ3n) is 8.03. The normalized spacial score (nSPS) is 18.9. The molecule has 0 fully saturated rings. The van der Waals surface area contributed by atoms with Gasteiger partial charge in [0.2, 0.25) is 5.91 Å². The molecule has 0 radical (unpaired) electrons. The van der Waals surface area contributed by atoms with E-state index >= 15 is 0 Å². The van der Waals surface area contributed by atoms with Crippen LogP contribution in [0.25, 0.3) is 0 Å². The van der Waals surface area contributed by atoms with Crippen molar-refractivity contribution in [3.05, 3.63) is 107 Å². The van der Waals surface area contributed by atoms with Crippen molar-refractivity contribution in [3.8, 4) is 0 Å². The molecule has 0 heterocycles. The number of hydrogen-bond acceptors (Lipinski definition) is 8. The van der Waals surface area contributed by atoms with Crippen LogP contribution in [0.15, 0.2) is 84.9 Å². The van der Waals surface area contributed by atoms with Gasteiger partial charge in [-0.2, -0.15) is 0 Å². The SMILES string of the molecule is CNC(=O)[C@@H](NC(=O)[C@@H](OCc1ccccc1)[C@H](O)[C@@H](O)[C@H](OCc1ccccc1)C(=O)N[C@@H]1c2ccccc2C[C@H]1O)C(C)C. The first-order valence-electron chi connectivity index (χ1n) is 15.4. The number of fused-ring (bicyclic) bond motifs is 1. The van der Waals surface area contributed by atoms with Crippen LogP contribution in [-0.4, -0.2) is 76.7 Å². The summed E-state index contributed by atoms with van der Waals surface area (Å²) in [6, 6.07) is 23.5. The van der Waals surface area contributed by atoms with Gasteiger partial charge in [0, 0.05) is 13.5 Å². The molecule has 4 rings (SSSR count). The molecule has 3 amide bonds. The van der Waals surface area contributed by atoms with Crippen LogP contribution in [0.2, 0.25) is 0 Å². The minimum Gasteiger partial charge on any atom is -0.390 e. The van der Waals surface area contributed by atoms with Crippen molar-refractivity contribution in [1.82, 2.24) is 16.0 Å². The Hall–Kier alpha value is -4.13. The number of carbonyl (C=O) groups is 3. The van der Waals surface area contributed by atoms with E-state index in [9.17, 15) is 29.7 Å². The number of likely N-dealkylation sites (N-methyl/N-ethyl adjacent to an activating group) is 1. The summed E-state index contributed by atoms with van der Waals surface area (Å²) in [5.74, 6) is -2.41. The van der Waals surface area contributed by atoms with E-state index in [1.165, 1.54) is 7.05 Å². The molecular weight excluding hydrogens is 590 g/mol. The predicted molar refractivity (Wildman–Crippen MR) is 170 cm³/mol. The van der Waals surface area contributed by atoms with Crippen LogP contribution < -0.4 is 16.0 Å². The molecule has 11 heteroatoms. The highest BCUT2D eigenvalue weighted by Crippen LogP contribution is 2.31. The first-order chi connectivity index (χ1) is 22.1. The molecule has 0 aromatic heterocycles. The molecule has 0 aliphatic heterocycles. The number of carbonyl (C=O) groups excluding carboxylic acids is 3. The fourth-order valence-electron chi connectivity index (χ4n) is 5.45. The first-order valence-corrected chi connectivity index (χ1v) is 15.4. The van der Waals surface area contributed by atoms with Crippen LogP contribution in [0.3, 0.4) is 0 Å². The number of hydrogen-bond donors (Lipinski definition) is 6. The number of aliphatic hydroxyl groups excluding tert-OH is 3. The van der Waals surface area contributed by atoms with Crippen LogP contribution in [0, 0.1) is 5.92 Å². The number of amides is 3. The van der Waals surface area contributed by atoms with Crippen molar-refractivity contribution < 1.29 is 39.2 Å². The van der Waals surface area contributed by atoms with E-state index in [1.54, 1.807) is 74.5 Å².